The first kappa shape index (κ1) is 12.4. The van der Waals surface area contributed by atoms with E-state index >= 15 is 0 Å². The number of amides is 2. The number of benzene rings is 1. The van der Waals surface area contributed by atoms with Crippen LogP contribution in [0.5, 0.6) is 0 Å². The molecule has 0 spiro atoms. The van der Waals surface area contributed by atoms with Crippen LogP contribution in [0, 0.1) is 0 Å². The van der Waals surface area contributed by atoms with Gasteiger partial charge in [-0.15, -0.1) is 0 Å². The first-order valence-electron chi connectivity index (χ1n) is 4.95. The molecule has 96 valence electrons. The number of hydrogen-bond acceptors (Lipinski definition) is 5. The van der Waals surface area contributed by atoms with Crippen molar-refractivity contribution in [3.63, 3.8) is 0 Å². The molecule has 1 aliphatic rings. The predicted octanol–water partition coefficient (Wildman–Crippen LogP) is 0.366. The number of sulfonamides is 1. The number of hydrogen-bond donors (Lipinski definition) is 2. The van der Waals surface area contributed by atoms with E-state index in [-0.39, 0.29) is 11.3 Å². The van der Waals surface area contributed by atoms with Gasteiger partial charge in [-0.2, -0.15) is 0 Å². The van der Waals surface area contributed by atoms with Crippen LogP contribution < -0.4 is 10.0 Å². The molecule has 1 heterocycles. The van der Waals surface area contributed by atoms with Crippen molar-refractivity contribution < 1.29 is 22.7 Å². The number of para-hydroxylation sites is 1. The molecule has 2 amide bonds. The van der Waals surface area contributed by atoms with Crippen LogP contribution in [0.25, 0.3) is 0 Å². The van der Waals surface area contributed by atoms with E-state index in [9.17, 15) is 18.0 Å². The third-order valence-corrected chi connectivity index (χ3v) is 2.82. The van der Waals surface area contributed by atoms with E-state index < -0.39 is 28.1 Å². The molecule has 1 aliphatic heterocycles. The summed E-state index contributed by atoms with van der Waals surface area (Å²) >= 11 is 0. The number of nitrogens with one attached hydrogen (secondary N) is 2. The largest absolute Gasteiger partial charge is 0.431 e. The van der Waals surface area contributed by atoms with E-state index in [2.05, 4.69) is 4.72 Å². The summed E-state index contributed by atoms with van der Waals surface area (Å²) < 4.78 is 29.4. The quantitative estimate of drug-likeness (QED) is 0.826. The van der Waals surface area contributed by atoms with E-state index in [0.29, 0.717) is 0 Å². The van der Waals surface area contributed by atoms with Crippen molar-refractivity contribution in [2.75, 3.05) is 11.0 Å². The lowest BCUT2D eigenvalue weighted by atomic mass is 10.1. The van der Waals surface area contributed by atoms with Crippen LogP contribution in [0.3, 0.4) is 0 Å². The van der Waals surface area contributed by atoms with Crippen LogP contribution in [-0.2, 0) is 19.6 Å². The number of carbonyl (C=O) groups is 2. The Morgan fingerprint density at radius 2 is 1.94 bits per heavy atom. The van der Waals surface area contributed by atoms with Gasteiger partial charge in [0.1, 0.15) is 0 Å². The van der Waals surface area contributed by atoms with E-state index in [1.807, 2.05) is 5.32 Å². The van der Waals surface area contributed by atoms with Gasteiger partial charge in [0, 0.05) is 5.56 Å². The van der Waals surface area contributed by atoms with Gasteiger partial charge in [0.05, 0.1) is 11.9 Å². The van der Waals surface area contributed by atoms with E-state index in [4.69, 9.17) is 4.74 Å². The molecule has 0 aliphatic carbocycles. The minimum absolute atomic E-state index is 0.204. The van der Waals surface area contributed by atoms with Gasteiger partial charge in [-0.3, -0.25) is 14.8 Å². The predicted molar refractivity (Wildman–Crippen MR) is 62.3 cm³/mol. The summed E-state index contributed by atoms with van der Waals surface area (Å²) in [6.45, 7) is 0. The third kappa shape index (κ3) is 2.59. The van der Waals surface area contributed by atoms with Gasteiger partial charge in [0.25, 0.3) is 5.91 Å². The maximum absolute atomic E-state index is 11.5. The molecule has 1 aromatic rings. The number of ether oxygens (including phenoxy) is 1. The Hall–Kier alpha value is -2.09. The summed E-state index contributed by atoms with van der Waals surface area (Å²) in [4.78, 5) is 22.4. The van der Waals surface area contributed by atoms with E-state index in [0.717, 1.165) is 6.26 Å². The second-order valence-corrected chi connectivity index (χ2v) is 5.48. The second-order valence-electron chi connectivity index (χ2n) is 3.74. The molecule has 0 saturated carbocycles. The van der Waals surface area contributed by atoms with Gasteiger partial charge in [0.2, 0.25) is 16.1 Å². The number of alkyl carbamates (subject to hydrolysis) is 1. The summed E-state index contributed by atoms with van der Waals surface area (Å²) in [6, 6.07) is 6.21. The zero-order valence-electron chi connectivity index (χ0n) is 9.34. The highest BCUT2D eigenvalue weighted by molar-refractivity contribution is 7.92. The van der Waals surface area contributed by atoms with Crippen molar-refractivity contribution in [1.82, 2.24) is 5.32 Å². The van der Waals surface area contributed by atoms with Gasteiger partial charge in [0.15, 0.2) is 0 Å². The lowest BCUT2D eigenvalue weighted by Gasteiger charge is -2.13. The Bertz CT molecular complexity index is 610. The molecule has 2 rings (SSSR count). The fraction of sp³-hybridized carbons (Fsp3) is 0.200. The van der Waals surface area contributed by atoms with Crippen molar-refractivity contribution in [2.24, 2.45) is 0 Å². The van der Waals surface area contributed by atoms with E-state index in [1.165, 1.54) is 12.1 Å². The zero-order chi connectivity index (χ0) is 13.3. The SMILES string of the molecule is CS(=O)(=O)Nc1ccccc1C1OC(=O)NC1=O. The fourth-order valence-corrected chi connectivity index (χ4v) is 2.16. The maximum Gasteiger partial charge on any atom is 0.415 e. The second kappa shape index (κ2) is 4.30. The van der Waals surface area contributed by atoms with Gasteiger partial charge in [-0.25, -0.2) is 13.2 Å². The minimum Gasteiger partial charge on any atom is -0.431 e. The smallest absolute Gasteiger partial charge is 0.415 e. The van der Waals surface area contributed by atoms with Crippen molar-refractivity contribution in [2.45, 2.75) is 6.10 Å². The molecular weight excluding hydrogens is 260 g/mol. The first-order valence-corrected chi connectivity index (χ1v) is 6.84. The fourth-order valence-electron chi connectivity index (χ4n) is 1.58. The summed E-state index contributed by atoms with van der Waals surface area (Å²) in [7, 11) is -3.48. The monoisotopic (exact) mass is 270 g/mol. The Morgan fingerprint density at radius 1 is 1.28 bits per heavy atom. The van der Waals surface area contributed by atoms with Gasteiger partial charge < -0.3 is 4.74 Å². The molecule has 1 aromatic carbocycles. The van der Waals surface area contributed by atoms with Crippen molar-refractivity contribution in [3.8, 4) is 0 Å². The molecule has 1 atom stereocenters. The van der Waals surface area contributed by atoms with Crippen LogP contribution in [0.2, 0.25) is 0 Å². The summed E-state index contributed by atoms with van der Waals surface area (Å²) in [5, 5.41) is 1.98. The summed E-state index contributed by atoms with van der Waals surface area (Å²) in [5.41, 5.74) is 0.487. The summed E-state index contributed by atoms with van der Waals surface area (Å²) in [5.74, 6) is -0.622. The molecule has 0 bridgehead atoms. The summed E-state index contributed by atoms with van der Waals surface area (Å²) in [6.07, 6.45) is -0.994. The van der Waals surface area contributed by atoms with Crippen LogP contribution >= 0.6 is 0 Å². The molecule has 0 radical (unpaired) electrons. The van der Waals surface area contributed by atoms with Crippen molar-refractivity contribution in [3.05, 3.63) is 29.8 Å². The van der Waals surface area contributed by atoms with Crippen molar-refractivity contribution in [1.29, 1.82) is 0 Å². The number of carbonyl (C=O) groups excluding carboxylic acids is 2. The van der Waals surface area contributed by atoms with Crippen molar-refractivity contribution >= 4 is 27.7 Å². The van der Waals surface area contributed by atoms with Gasteiger partial charge >= 0.3 is 6.09 Å². The number of cyclic esters (lactones) is 1. The maximum atomic E-state index is 11.5. The average molecular weight is 270 g/mol. The molecule has 18 heavy (non-hydrogen) atoms. The Kier molecular flexibility index (Phi) is 2.95. The molecule has 1 fully saturated rings. The topological polar surface area (TPSA) is 102 Å². The van der Waals surface area contributed by atoms with Crippen LogP contribution in [0.1, 0.15) is 11.7 Å². The highest BCUT2D eigenvalue weighted by Gasteiger charge is 2.35. The highest BCUT2D eigenvalue weighted by atomic mass is 32.2. The lowest BCUT2D eigenvalue weighted by molar-refractivity contribution is -0.123. The lowest BCUT2D eigenvalue weighted by Crippen LogP contribution is -2.21. The normalized spacial score (nSPS) is 19.3. The Balaban J connectivity index is 2.39. The highest BCUT2D eigenvalue weighted by Crippen LogP contribution is 2.29. The number of imide groups is 1. The Labute approximate surface area is 103 Å². The van der Waals surface area contributed by atoms with E-state index in [1.54, 1.807) is 12.1 Å². The van der Waals surface area contributed by atoms with Crippen LogP contribution in [0.15, 0.2) is 24.3 Å². The third-order valence-electron chi connectivity index (χ3n) is 2.23. The van der Waals surface area contributed by atoms with Crippen LogP contribution in [-0.4, -0.2) is 26.7 Å². The molecule has 8 heteroatoms. The molecular formula is C10H10N2O5S. The molecule has 1 unspecified atom stereocenters. The molecule has 7 nitrogen and oxygen atoms in total. The minimum atomic E-state index is -3.48. The average Bonchev–Trinajstić information content (AvgIpc) is 2.56. The standard InChI is InChI=1S/C10H10N2O5S/c1-18(15,16)12-7-5-3-2-4-6(7)8-9(13)11-10(14)17-8/h2-5,8,12H,1H3,(H,11,13,14). The van der Waals surface area contributed by atoms with Gasteiger partial charge in [-0.05, 0) is 6.07 Å². The first-order chi connectivity index (χ1) is 8.37. The zero-order valence-corrected chi connectivity index (χ0v) is 10.2. The van der Waals surface area contributed by atoms with Gasteiger partial charge in [-0.1, -0.05) is 18.2 Å². The number of anilines is 1. The Morgan fingerprint density at radius 3 is 2.50 bits per heavy atom. The van der Waals surface area contributed by atoms with Crippen LogP contribution in [0.4, 0.5) is 10.5 Å². The molecule has 2 N–H and O–H groups in total. The molecule has 0 aromatic heterocycles. The number of rotatable bonds is 3. The molecule has 1 saturated heterocycles.